The number of benzene rings is 1. The summed E-state index contributed by atoms with van der Waals surface area (Å²) in [5.74, 6) is 0.715. The van der Waals surface area contributed by atoms with Crippen LogP contribution in [-0.2, 0) is 13.0 Å². The lowest BCUT2D eigenvalue weighted by atomic mass is 10.2. The smallest absolute Gasteiger partial charge is 0.269 e. The number of nitrogens with zero attached hydrogens (tertiary/aromatic N) is 3. The lowest BCUT2D eigenvalue weighted by Gasteiger charge is -2.11. The van der Waals surface area contributed by atoms with Gasteiger partial charge in [0.15, 0.2) is 5.96 Å². The number of hydrogen-bond acceptors (Lipinski definition) is 4. The van der Waals surface area contributed by atoms with Crippen LogP contribution in [0.1, 0.15) is 18.2 Å². The molecule has 0 saturated heterocycles. The minimum Gasteiger partial charge on any atom is -0.357 e. The van der Waals surface area contributed by atoms with E-state index in [2.05, 4.69) is 20.6 Å². The lowest BCUT2D eigenvalue weighted by Crippen LogP contribution is -2.38. The summed E-state index contributed by atoms with van der Waals surface area (Å²) in [5, 5.41) is 17.1. The van der Waals surface area contributed by atoms with Gasteiger partial charge in [-0.25, -0.2) is 4.99 Å². The maximum Gasteiger partial charge on any atom is 0.269 e. The van der Waals surface area contributed by atoms with Crippen molar-refractivity contribution in [2.75, 3.05) is 13.1 Å². The van der Waals surface area contributed by atoms with Gasteiger partial charge in [0.1, 0.15) is 0 Å². The molecule has 0 spiro atoms. The quantitative estimate of drug-likeness (QED) is 0.352. The molecule has 0 amide bonds. The number of guanidine groups is 1. The zero-order valence-electron chi connectivity index (χ0n) is 13.6. The molecule has 1 aromatic heterocycles. The van der Waals surface area contributed by atoms with Crippen LogP contribution in [-0.4, -0.2) is 29.0 Å². The van der Waals surface area contributed by atoms with Crippen molar-refractivity contribution >= 4 is 11.6 Å². The van der Waals surface area contributed by atoms with Gasteiger partial charge in [-0.15, -0.1) is 0 Å². The first-order chi connectivity index (χ1) is 11.7. The summed E-state index contributed by atoms with van der Waals surface area (Å²) in [6.07, 6.45) is 2.59. The molecule has 0 fully saturated rings. The number of nitro benzene ring substituents is 1. The molecule has 1 heterocycles. The van der Waals surface area contributed by atoms with Crippen molar-refractivity contribution in [2.45, 2.75) is 19.9 Å². The Balaban J connectivity index is 1.88. The highest BCUT2D eigenvalue weighted by Gasteiger charge is 2.04. The van der Waals surface area contributed by atoms with E-state index >= 15 is 0 Å². The second-order valence-electron chi connectivity index (χ2n) is 5.12. The fourth-order valence-electron chi connectivity index (χ4n) is 2.09. The topological polar surface area (TPSA) is 92.5 Å². The first-order valence-electron chi connectivity index (χ1n) is 7.84. The van der Waals surface area contributed by atoms with Crippen LogP contribution >= 0.6 is 0 Å². The summed E-state index contributed by atoms with van der Waals surface area (Å²) in [6, 6.07) is 12.3. The van der Waals surface area contributed by atoms with Crippen molar-refractivity contribution in [1.29, 1.82) is 0 Å². The Bertz CT molecular complexity index is 671. The van der Waals surface area contributed by atoms with Crippen molar-refractivity contribution in [3.8, 4) is 0 Å². The molecule has 2 aromatic rings. The van der Waals surface area contributed by atoms with Gasteiger partial charge in [-0.05, 0) is 24.6 Å². The molecule has 2 rings (SSSR count). The number of nitro groups is 1. The third-order valence-electron chi connectivity index (χ3n) is 3.31. The van der Waals surface area contributed by atoms with Gasteiger partial charge >= 0.3 is 0 Å². The zero-order chi connectivity index (χ0) is 17.2. The molecule has 0 aliphatic heterocycles. The fourth-order valence-corrected chi connectivity index (χ4v) is 2.09. The van der Waals surface area contributed by atoms with Crippen LogP contribution in [0.15, 0.2) is 53.7 Å². The summed E-state index contributed by atoms with van der Waals surface area (Å²) in [4.78, 5) is 19.0. The zero-order valence-corrected chi connectivity index (χ0v) is 13.6. The van der Waals surface area contributed by atoms with Crippen molar-refractivity contribution in [3.63, 3.8) is 0 Å². The molecular formula is C17H21N5O2. The minimum atomic E-state index is -0.406. The second kappa shape index (κ2) is 9.24. The normalized spacial score (nSPS) is 11.1. The third-order valence-corrected chi connectivity index (χ3v) is 3.31. The van der Waals surface area contributed by atoms with E-state index in [0.717, 1.165) is 30.8 Å². The van der Waals surface area contributed by atoms with Crippen molar-refractivity contribution in [3.05, 3.63) is 70.0 Å². The molecule has 0 aliphatic carbocycles. The predicted molar refractivity (Wildman–Crippen MR) is 93.9 cm³/mol. The third kappa shape index (κ3) is 5.68. The van der Waals surface area contributed by atoms with E-state index in [-0.39, 0.29) is 5.69 Å². The Morgan fingerprint density at radius 3 is 2.62 bits per heavy atom. The molecule has 0 bridgehead atoms. The van der Waals surface area contributed by atoms with Gasteiger partial charge in [-0.2, -0.15) is 0 Å². The molecule has 7 nitrogen and oxygen atoms in total. The number of nitrogens with one attached hydrogen (secondary N) is 2. The van der Waals surface area contributed by atoms with Gasteiger partial charge in [0.05, 0.1) is 11.5 Å². The molecular weight excluding hydrogens is 306 g/mol. The predicted octanol–water partition coefficient (Wildman–Crippen LogP) is 2.29. The minimum absolute atomic E-state index is 0.0862. The maximum atomic E-state index is 10.7. The number of aromatic nitrogens is 1. The Morgan fingerprint density at radius 1 is 1.21 bits per heavy atom. The Hall–Kier alpha value is -2.96. The lowest BCUT2D eigenvalue weighted by molar-refractivity contribution is -0.384. The Kier molecular flexibility index (Phi) is 6.70. The summed E-state index contributed by atoms with van der Waals surface area (Å²) in [6.45, 7) is 3.94. The molecule has 7 heteroatoms. The summed E-state index contributed by atoms with van der Waals surface area (Å²) in [5.41, 5.74) is 2.03. The highest BCUT2D eigenvalue weighted by Crippen LogP contribution is 2.12. The van der Waals surface area contributed by atoms with E-state index in [1.165, 1.54) is 12.1 Å². The van der Waals surface area contributed by atoms with Crippen LogP contribution in [0.5, 0.6) is 0 Å². The maximum absolute atomic E-state index is 10.7. The van der Waals surface area contributed by atoms with Crippen LogP contribution in [0.2, 0.25) is 0 Å². The molecule has 0 unspecified atom stereocenters. The van der Waals surface area contributed by atoms with E-state index < -0.39 is 4.92 Å². The van der Waals surface area contributed by atoms with Crippen LogP contribution in [0.4, 0.5) is 5.69 Å². The van der Waals surface area contributed by atoms with Gasteiger partial charge in [0.2, 0.25) is 0 Å². The SMILES string of the molecule is CCNC(=NCc1ccc([N+](=O)[O-])cc1)NCCc1ccccn1. The van der Waals surface area contributed by atoms with Crippen LogP contribution in [0.25, 0.3) is 0 Å². The summed E-state index contributed by atoms with van der Waals surface area (Å²) >= 11 is 0. The average molecular weight is 327 g/mol. The number of aliphatic imine (C=N–C) groups is 1. The highest BCUT2D eigenvalue weighted by atomic mass is 16.6. The number of non-ortho nitro benzene ring substituents is 1. The summed E-state index contributed by atoms with van der Waals surface area (Å²) in [7, 11) is 0. The second-order valence-corrected chi connectivity index (χ2v) is 5.12. The van der Waals surface area contributed by atoms with Crippen molar-refractivity contribution < 1.29 is 4.92 Å². The Morgan fingerprint density at radius 2 is 2.00 bits per heavy atom. The first-order valence-corrected chi connectivity index (χ1v) is 7.84. The van der Waals surface area contributed by atoms with Crippen LogP contribution in [0, 0.1) is 10.1 Å². The van der Waals surface area contributed by atoms with Gasteiger partial charge in [-0.3, -0.25) is 15.1 Å². The number of hydrogen-bond donors (Lipinski definition) is 2. The van der Waals surface area contributed by atoms with Gasteiger partial charge in [0, 0.05) is 43.5 Å². The molecule has 0 saturated carbocycles. The van der Waals surface area contributed by atoms with Gasteiger partial charge < -0.3 is 10.6 Å². The molecule has 24 heavy (non-hydrogen) atoms. The fraction of sp³-hybridized carbons (Fsp3) is 0.294. The van der Waals surface area contributed by atoms with Crippen molar-refractivity contribution in [1.82, 2.24) is 15.6 Å². The largest absolute Gasteiger partial charge is 0.357 e. The van der Waals surface area contributed by atoms with E-state index in [9.17, 15) is 10.1 Å². The molecule has 2 N–H and O–H groups in total. The molecule has 0 radical (unpaired) electrons. The molecule has 0 atom stereocenters. The van der Waals surface area contributed by atoms with Crippen molar-refractivity contribution in [2.24, 2.45) is 4.99 Å². The summed E-state index contributed by atoms with van der Waals surface area (Å²) < 4.78 is 0. The van der Waals surface area contributed by atoms with Gasteiger partial charge in [0.25, 0.3) is 5.69 Å². The monoisotopic (exact) mass is 327 g/mol. The van der Waals surface area contributed by atoms with E-state index in [4.69, 9.17) is 0 Å². The first kappa shape index (κ1) is 17.4. The standard InChI is InChI=1S/C17H21N5O2/c1-2-18-17(20-12-10-15-5-3-4-11-19-15)21-13-14-6-8-16(9-7-14)22(23)24/h3-9,11H,2,10,12-13H2,1H3,(H2,18,20,21). The van der Waals surface area contributed by atoms with E-state index in [1.807, 2.05) is 25.1 Å². The number of pyridine rings is 1. The van der Waals surface area contributed by atoms with Gasteiger partial charge in [-0.1, -0.05) is 18.2 Å². The molecule has 126 valence electrons. The average Bonchev–Trinajstić information content (AvgIpc) is 2.61. The molecule has 0 aliphatic rings. The Labute approximate surface area is 141 Å². The van der Waals surface area contributed by atoms with E-state index in [0.29, 0.717) is 12.5 Å². The number of rotatable bonds is 7. The highest BCUT2D eigenvalue weighted by molar-refractivity contribution is 5.79. The van der Waals surface area contributed by atoms with Crippen LogP contribution in [0.3, 0.4) is 0 Å². The van der Waals surface area contributed by atoms with E-state index in [1.54, 1.807) is 18.3 Å². The molecule has 1 aromatic carbocycles. The van der Waals surface area contributed by atoms with Crippen LogP contribution < -0.4 is 10.6 Å².